The number of carbonyl (C=O) groups is 1. The molecule has 1 aromatic heterocycles. The van der Waals surface area contributed by atoms with Gasteiger partial charge in [-0.1, -0.05) is 36.8 Å². The second kappa shape index (κ2) is 7.82. The number of benzene rings is 1. The molecule has 2 heterocycles. The van der Waals surface area contributed by atoms with E-state index in [1.807, 2.05) is 31.2 Å². The Morgan fingerprint density at radius 2 is 2.00 bits per heavy atom. The molecule has 1 aliphatic heterocycles. The van der Waals surface area contributed by atoms with E-state index in [2.05, 4.69) is 12.0 Å². The first-order chi connectivity index (χ1) is 12.8. The van der Waals surface area contributed by atoms with Gasteiger partial charge in [-0.2, -0.15) is 9.40 Å². The van der Waals surface area contributed by atoms with Gasteiger partial charge in [-0.15, -0.1) is 0 Å². The SMILES string of the molecule is COC(=O)c1cn(Cc2cccc(C)c2)nc1S(=O)(=O)N1CCC(C)CC1. The van der Waals surface area contributed by atoms with Gasteiger partial charge < -0.3 is 4.74 Å². The van der Waals surface area contributed by atoms with Gasteiger partial charge in [0, 0.05) is 19.3 Å². The van der Waals surface area contributed by atoms with Crippen molar-refractivity contribution in [3.05, 3.63) is 47.2 Å². The van der Waals surface area contributed by atoms with Gasteiger partial charge in [0.25, 0.3) is 10.0 Å². The third-order valence-electron chi connectivity index (χ3n) is 4.89. The number of aryl methyl sites for hydroxylation is 1. The van der Waals surface area contributed by atoms with Gasteiger partial charge in [0.1, 0.15) is 5.56 Å². The van der Waals surface area contributed by atoms with Crippen LogP contribution in [0.4, 0.5) is 0 Å². The number of hydrogen-bond acceptors (Lipinski definition) is 5. The zero-order valence-electron chi connectivity index (χ0n) is 15.9. The number of aromatic nitrogens is 2. The summed E-state index contributed by atoms with van der Waals surface area (Å²) in [5, 5.41) is 4.03. The number of carbonyl (C=O) groups excluding carboxylic acids is 1. The molecule has 27 heavy (non-hydrogen) atoms. The van der Waals surface area contributed by atoms with Gasteiger partial charge in [-0.25, -0.2) is 13.2 Å². The van der Waals surface area contributed by atoms with E-state index in [1.165, 1.54) is 22.3 Å². The molecule has 3 rings (SSSR count). The molecule has 1 fully saturated rings. The van der Waals surface area contributed by atoms with Gasteiger partial charge in [-0.05, 0) is 31.2 Å². The van der Waals surface area contributed by atoms with Gasteiger partial charge in [-0.3, -0.25) is 4.68 Å². The molecular formula is C19H25N3O4S. The van der Waals surface area contributed by atoms with Crippen molar-refractivity contribution in [1.29, 1.82) is 0 Å². The maximum atomic E-state index is 13.1. The lowest BCUT2D eigenvalue weighted by atomic mass is 10.0. The Kier molecular flexibility index (Phi) is 5.67. The summed E-state index contributed by atoms with van der Waals surface area (Å²) < 4.78 is 33.9. The van der Waals surface area contributed by atoms with Crippen molar-refractivity contribution >= 4 is 16.0 Å². The van der Waals surface area contributed by atoms with E-state index in [-0.39, 0.29) is 10.6 Å². The minimum Gasteiger partial charge on any atom is -0.465 e. The van der Waals surface area contributed by atoms with Crippen molar-refractivity contribution in [2.24, 2.45) is 5.92 Å². The maximum Gasteiger partial charge on any atom is 0.342 e. The first kappa shape index (κ1) is 19.6. The molecule has 0 aliphatic carbocycles. The van der Waals surface area contributed by atoms with Crippen molar-refractivity contribution in [2.45, 2.75) is 38.3 Å². The fourth-order valence-electron chi connectivity index (χ4n) is 3.27. The Morgan fingerprint density at radius 3 is 2.63 bits per heavy atom. The quantitative estimate of drug-likeness (QED) is 0.731. The second-order valence-electron chi connectivity index (χ2n) is 7.11. The number of nitrogens with zero attached hydrogens (tertiary/aromatic N) is 3. The van der Waals surface area contributed by atoms with E-state index in [0.717, 1.165) is 24.0 Å². The van der Waals surface area contributed by atoms with Crippen molar-refractivity contribution in [3.8, 4) is 0 Å². The normalized spacial score (nSPS) is 16.4. The van der Waals surface area contributed by atoms with Gasteiger partial charge in [0.15, 0.2) is 0 Å². The van der Waals surface area contributed by atoms with E-state index >= 15 is 0 Å². The number of piperidine rings is 1. The molecule has 0 radical (unpaired) electrons. The molecule has 7 nitrogen and oxygen atoms in total. The Labute approximate surface area is 160 Å². The molecule has 0 amide bonds. The molecule has 0 spiro atoms. The molecule has 1 saturated heterocycles. The Hall–Kier alpha value is -2.19. The summed E-state index contributed by atoms with van der Waals surface area (Å²) in [6.07, 6.45) is 3.06. The highest BCUT2D eigenvalue weighted by atomic mass is 32.2. The number of hydrogen-bond donors (Lipinski definition) is 0. The molecular weight excluding hydrogens is 366 g/mol. The van der Waals surface area contributed by atoms with E-state index in [4.69, 9.17) is 4.74 Å². The average Bonchev–Trinajstić information content (AvgIpc) is 3.06. The summed E-state index contributed by atoms with van der Waals surface area (Å²) in [5.74, 6) is -0.204. The molecule has 0 atom stereocenters. The Morgan fingerprint density at radius 1 is 1.30 bits per heavy atom. The third kappa shape index (κ3) is 4.22. The van der Waals surface area contributed by atoms with Crippen LogP contribution >= 0.6 is 0 Å². The second-order valence-corrected chi connectivity index (χ2v) is 8.97. The standard InChI is InChI=1S/C19H25N3O4S/c1-14-7-9-22(10-8-14)27(24,25)18-17(19(23)26-3)13-21(20-18)12-16-6-4-5-15(2)11-16/h4-6,11,13-14H,7-10,12H2,1-3H3. The smallest absolute Gasteiger partial charge is 0.342 e. The zero-order chi connectivity index (χ0) is 19.6. The molecule has 2 aromatic rings. The molecule has 0 bridgehead atoms. The van der Waals surface area contributed by atoms with Gasteiger partial charge >= 0.3 is 5.97 Å². The average molecular weight is 391 g/mol. The summed E-state index contributed by atoms with van der Waals surface area (Å²) in [4.78, 5) is 12.2. The number of esters is 1. The molecule has 146 valence electrons. The zero-order valence-corrected chi connectivity index (χ0v) is 16.7. The topological polar surface area (TPSA) is 81.5 Å². The van der Waals surface area contributed by atoms with Crippen LogP contribution in [-0.2, 0) is 21.3 Å². The van der Waals surface area contributed by atoms with Crippen LogP contribution in [0.5, 0.6) is 0 Å². The summed E-state index contributed by atoms with van der Waals surface area (Å²) in [7, 11) is -2.61. The highest BCUT2D eigenvalue weighted by Gasteiger charge is 2.34. The first-order valence-corrected chi connectivity index (χ1v) is 10.5. The summed E-state index contributed by atoms with van der Waals surface area (Å²) in [5.41, 5.74) is 2.05. The highest BCUT2D eigenvalue weighted by molar-refractivity contribution is 7.89. The van der Waals surface area contributed by atoms with Crippen molar-refractivity contribution in [2.75, 3.05) is 20.2 Å². The van der Waals surface area contributed by atoms with Crippen molar-refractivity contribution in [3.63, 3.8) is 0 Å². The van der Waals surface area contributed by atoms with Crippen LogP contribution in [0.1, 0.15) is 41.3 Å². The lowest BCUT2D eigenvalue weighted by Crippen LogP contribution is -2.38. The number of sulfonamides is 1. The van der Waals surface area contributed by atoms with E-state index in [9.17, 15) is 13.2 Å². The Bertz CT molecular complexity index is 928. The minimum absolute atomic E-state index is 0.0243. The summed E-state index contributed by atoms with van der Waals surface area (Å²) in [6, 6.07) is 7.86. The molecule has 8 heteroatoms. The molecule has 1 aliphatic rings. The molecule has 0 saturated carbocycles. The van der Waals surface area contributed by atoms with Crippen LogP contribution in [0.25, 0.3) is 0 Å². The van der Waals surface area contributed by atoms with Crippen LogP contribution in [0, 0.1) is 12.8 Å². The molecule has 0 unspecified atom stereocenters. The highest BCUT2D eigenvalue weighted by Crippen LogP contribution is 2.25. The fourth-order valence-corrected chi connectivity index (χ4v) is 4.83. The van der Waals surface area contributed by atoms with Crippen molar-refractivity contribution < 1.29 is 17.9 Å². The van der Waals surface area contributed by atoms with E-state index in [1.54, 1.807) is 0 Å². The van der Waals surface area contributed by atoms with Gasteiger partial charge in [0.2, 0.25) is 5.03 Å². The monoisotopic (exact) mass is 391 g/mol. The first-order valence-electron chi connectivity index (χ1n) is 9.02. The number of methoxy groups -OCH3 is 1. The van der Waals surface area contributed by atoms with Crippen LogP contribution in [0.15, 0.2) is 35.5 Å². The van der Waals surface area contributed by atoms with Crippen LogP contribution < -0.4 is 0 Å². The van der Waals surface area contributed by atoms with E-state index < -0.39 is 16.0 Å². The number of ether oxygens (including phenoxy) is 1. The minimum atomic E-state index is -3.85. The molecule has 0 N–H and O–H groups in total. The predicted octanol–water partition coefficient (Wildman–Crippen LogP) is 2.45. The largest absolute Gasteiger partial charge is 0.465 e. The summed E-state index contributed by atoms with van der Waals surface area (Å²) >= 11 is 0. The van der Waals surface area contributed by atoms with E-state index in [0.29, 0.717) is 25.6 Å². The predicted molar refractivity (Wildman–Crippen MR) is 101 cm³/mol. The number of rotatable bonds is 5. The maximum absolute atomic E-state index is 13.1. The lowest BCUT2D eigenvalue weighted by molar-refractivity contribution is 0.0596. The van der Waals surface area contributed by atoms with Gasteiger partial charge in [0.05, 0.1) is 13.7 Å². The van der Waals surface area contributed by atoms with Crippen LogP contribution in [0.2, 0.25) is 0 Å². The molecule has 1 aromatic carbocycles. The third-order valence-corrected chi connectivity index (χ3v) is 6.72. The van der Waals surface area contributed by atoms with Crippen molar-refractivity contribution in [1.82, 2.24) is 14.1 Å². The Balaban J connectivity index is 1.95. The van der Waals surface area contributed by atoms with Crippen LogP contribution in [0.3, 0.4) is 0 Å². The summed E-state index contributed by atoms with van der Waals surface area (Å²) in [6.45, 7) is 5.35. The lowest BCUT2D eigenvalue weighted by Gasteiger charge is -2.28. The van der Waals surface area contributed by atoms with Crippen LogP contribution in [-0.4, -0.2) is 48.7 Å². The fraction of sp³-hybridized carbons (Fsp3) is 0.474.